The van der Waals surface area contributed by atoms with E-state index in [-0.39, 0.29) is 5.78 Å². The number of carbonyl (C=O) groups excluding carboxylic acids is 1. The van der Waals surface area contributed by atoms with Gasteiger partial charge in [-0.05, 0) is 54.5 Å². The van der Waals surface area contributed by atoms with E-state index in [0.717, 1.165) is 16.7 Å². The molecule has 0 unspecified atom stereocenters. The molecule has 5 nitrogen and oxygen atoms in total. The van der Waals surface area contributed by atoms with E-state index < -0.39 is 0 Å². The number of allylic oxidation sites excluding steroid dienone is 1. The zero-order chi connectivity index (χ0) is 25.9. The molecule has 37 heavy (non-hydrogen) atoms. The number of carbonyl (C=O) groups is 1. The fourth-order valence-corrected chi connectivity index (χ4v) is 3.73. The molecule has 0 heterocycles. The fraction of sp³-hybridized carbons (Fsp3) is 0.156. The Labute approximate surface area is 217 Å². The Balaban J connectivity index is 1.49. The van der Waals surface area contributed by atoms with Crippen LogP contribution in [0.3, 0.4) is 0 Å². The number of rotatable bonds is 12. The minimum absolute atomic E-state index is 0.183. The molecule has 0 saturated carbocycles. The van der Waals surface area contributed by atoms with Crippen LogP contribution < -0.4 is 18.9 Å². The summed E-state index contributed by atoms with van der Waals surface area (Å²) in [6.45, 7) is 3.24. The zero-order valence-corrected chi connectivity index (χ0v) is 21.1. The van der Waals surface area contributed by atoms with Crippen LogP contribution >= 0.6 is 0 Å². The average molecular weight is 495 g/mol. The van der Waals surface area contributed by atoms with Crippen LogP contribution in [0.5, 0.6) is 23.0 Å². The Morgan fingerprint density at radius 3 is 1.95 bits per heavy atom. The maximum atomic E-state index is 13.2. The molecule has 0 fully saturated rings. The molecule has 0 radical (unpaired) electrons. The first-order valence-corrected chi connectivity index (χ1v) is 12.2. The Kier molecular flexibility index (Phi) is 8.97. The van der Waals surface area contributed by atoms with Gasteiger partial charge in [0, 0.05) is 17.7 Å². The molecule has 0 N–H and O–H groups in total. The molecule has 0 aliphatic rings. The predicted molar refractivity (Wildman–Crippen MR) is 146 cm³/mol. The van der Waals surface area contributed by atoms with Crippen molar-refractivity contribution in [3.8, 4) is 23.0 Å². The minimum Gasteiger partial charge on any atom is -0.496 e. The summed E-state index contributed by atoms with van der Waals surface area (Å²) in [5.74, 6) is 2.24. The van der Waals surface area contributed by atoms with Gasteiger partial charge in [-0.25, -0.2) is 0 Å². The number of methoxy groups -OCH3 is 1. The summed E-state index contributed by atoms with van der Waals surface area (Å²) in [6.07, 6.45) is 3.26. The molecule has 4 aromatic rings. The first kappa shape index (κ1) is 25.6. The highest BCUT2D eigenvalue weighted by atomic mass is 16.5. The average Bonchev–Trinajstić information content (AvgIpc) is 2.95. The lowest BCUT2D eigenvalue weighted by Crippen LogP contribution is -2.03. The number of hydrogen-bond donors (Lipinski definition) is 0. The molecule has 4 aromatic carbocycles. The lowest BCUT2D eigenvalue weighted by atomic mass is 10.1. The van der Waals surface area contributed by atoms with Crippen LogP contribution in [0.1, 0.15) is 34.0 Å². The molecule has 0 aliphatic heterocycles. The Hall–Kier alpha value is -4.51. The zero-order valence-electron chi connectivity index (χ0n) is 21.1. The van der Waals surface area contributed by atoms with Crippen LogP contribution in [-0.2, 0) is 13.2 Å². The second kappa shape index (κ2) is 13.0. The fourth-order valence-electron chi connectivity index (χ4n) is 3.73. The molecule has 0 spiro atoms. The van der Waals surface area contributed by atoms with Crippen molar-refractivity contribution in [3.63, 3.8) is 0 Å². The lowest BCUT2D eigenvalue weighted by molar-refractivity contribution is 0.104. The van der Waals surface area contributed by atoms with Gasteiger partial charge in [0.1, 0.15) is 36.2 Å². The number of benzene rings is 4. The van der Waals surface area contributed by atoms with E-state index in [1.807, 2.05) is 85.8 Å². The van der Waals surface area contributed by atoms with E-state index in [1.54, 1.807) is 31.4 Å². The second-order valence-corrected chi connectivity index (χ2v) is 8.24. The van der Waals surface area contributed by atoms with Gasteiger partial charge < -0.3 is 18.9 Å². The second-order valence-electron chi connectivity index (χ2n) is 8.24. The van der Waals surface area contributed by atoms with Crippen molar-refractivity contribution in [3.05, 3.63) is 125 Å². The monoisotopic (exact) mass is 494 g/mol. The maximum absolute atomic E-state index is 13.2. The molecule has 0 saturated heterocycles. The van der Waals surface area contributed by atoms with Crippen molar-refractivity contribution in [2.45, 2.75) is 20.1 Å². The summed E-state index contributed by atoms with van der Waals surface area (Å²) < 4.78 is 23.1. The van der Waals surface area contributed by atoms with E-state index in [9.17, 15) is 4.79 Å². The molecule has 0 atom stereocenters. The highest BCUT2D eigenvalue weighted by molar-refractivity contribution is 6.08. The summed E-state index contributed by atoms with van der Waals surface area (Å²) in [5.41, 5.74) is 3.31. The highest BCUT2D eigenvalue weighted by Crippen LogP contribution is 2.29. The van der Waals surface area contributed by atoms with E-state index in [4.69, 9.17) is 18.9 Å². The van der Waals surface area contributed by atoms with Gasteiger partial charge in [0.05, 0.1) is 19.3 Å². The van der Waals surface area contributed by atoms with Gasteiger partial charge >= 0.3 is 0 Å². The van der Waals surface area contributed by atoms with E-state index >= 15 is 0 Å². The quantitative estimate of drug-likeness (QED) is 0.155. The van der Waals surface area contributed by atoms with Crippen molar-refractivity contribution in [2.75, 3.05) is 13.7 Å². The van der Waals surface area contributed by atoms with Gasteiger partial charge in [0.25, 0.3) is 0 Å². The summed E-state index contributed by atoms with van der Waals surface area (Å²) in [5, 5.41) is 0. The molecule has 0 aromatic heterocycles. The van der Waals surface area contributed by atoms with Crippen molar-refractivity contribution >= 4 is 11.9 Å². The molecule has 0 bridgehead atoms. The van der Waals surface area contributed by atoms with Crippen LogP contribution in [0.15, 0.2) is 103 Å². The number of ketones is 1. The molecule has 4 rings (SSSR count). The first-order valence-electron chi connectivity index (χ1n) is 12.2. The topological polar surface area (TPSA) is 54.0 Å². The van der Waals surface area contributed by atoms with Crippen LogP contribution in [-0.4, -0.2) is 19.5 Å². The minimum atomic E-state index is -0.183. The Morgan fingerprint density at radius 2 is 1.30 bits per heavy atom. The van der Waals surface area contributed by atoms with Crippen molar-refractivity contribution < 1.29 is 23.7 Å². The van der Waals surface area contributed by atoms with Gasteiger partial charge in [0.15, 0.2) is 5.78 Å². The van der Waals surface area contributed by atoms with E-state index in [1.165, 1.54) is 6.08 Å². The molecule has 0 aliphatic carbocycles. The maximum Gasteiger partial charge on any atom is 0.189 e. The van der Waals surface area contributed by atoms with Crippen LogP contribution in [0.25, 0.3) is 6.08 Å². The van der Waals surface area contributed by atoms with E-state index in [2.05, 4.69) is 0 Å². The number of hydrogen-bond acceptors (Lipinski definition) is 5. The van der Waals surface area contributed by atoms with Crippen molar-refractivity contribution in [1.82, 2.24) is 0 Å². The van der Waals surface area contributed by atoms with Gasteiger partial charge in [-0.15, -0.1) is 0 Å². The Morgan fingerprint density at radius 1 is 0.703 bits per heavy atom. The molecule has 188 valence electrons. The Bertz CT molecular complexity index is 1330. The van der Waals surface area contributed by atoms with Gasteiger partial charge in [-0.2, -0.15) is 0 Å². The van der Waals surface area contributed by atoms with Crippen molar-refractivity contribution in [1.29, 1.82) is 0 Å². The molecule has 5 heteroatoms. The largest absolute Gasteiger partial charge is 0.496 e. The lowest BCUT2D eigenvalue weighted by Gasteiger charge is -2.13. The van der Waals surface area contributed by atoms with Crippen molar-refractivity contribution in [2.24, 2.45) is 0 Å². The first-order chi connectivity index (χ1) is 18.2. The third-order valence-electron chi connectivity index (χ3n) is 5.63. The van der Waals surface area contributed by atoms with E-state index in [0.29, 0.717) is 48.4 Å². The third kappa shape index (κ3) is 7.24. The van der Waals surface area contributed by atoms with Crippen LogP contribution in [0.4, 0.5) is 0 Å². The van der Waals surface area contributed by atoms with Gasteiger partial charge in [-0.1, -0.05) is 60.7 Å². The van der Waals surface area contributed by atoms with Crippen LogP contribution in [0, 0.1) is 0 Å². The predicted octanol–water partition coefficient (Wildman–Crippen LogP) is 7.15. The van der Waals surface area contributed by atoms with Gasteiger partial charge in [-0.3, -0.25) is 4.79 Å². The molecular weight excluding hydrogens is 464 g/mol. The number of ether oxygens (including phenoxy) is 4. The highest BCUT2D eigenvalue weighted by Gasteiger charge is 2.13. The smallest absolute Gasteiger partial charge is 0.189 e. The third-order valence-corrected chi connectivity index (χ3v) is 5.63. The van der Waals surface area contributed by atoms with Crippen LogP contribution in [0.2, 0.25) is 0 Å². The standard InChI is InChI=1S/C32H30O5/c1-3-35-27-17-18-29(32(21-27)37-23-25-12-8-5-9-13-25)30(33)19-15-26-14-16-28(20-31(26)34-2)36-22-24-10-6-4-7-11-24/h4-21H,3,22-23H2,1-2H3. The summed E-state index contributed by atoms with van der Waals surface area (Å²) in [7, 11) is 1.59. The molecular formula is C32H30O5. The normalized spacial score (nSPS) is 10.8. The summed E-state index contributed by atoms with van der Waals surface area (Å²) >= 11 is 0. The SMILES string of the molecule is CCOc1ccc(C(=O)C=Cc2ccc(OCc3ccccc3)cc2OC)c(OCc2ccccc2)c1. The van der Waals surface area contributed by atoms with Gasteiger partial charge in [0.2, 0.25) is 0 Å². The summed E-state index contributed by atoms with van der Waals surface area (Å²) in [6, 6.07) is 30.6. The summed E-state index contributed by atoms with van der Waals surface area (Å²) in [4.78, 5) is 13.2. The molecule has 0 amide bonds.